The quantitative estimate of drug-likeness (QED) is 0.903. The van der Waals surface area contributed by atoms with Crippen LogP contribution in [-0.2, 0) is 9.84 Å². The van der Waals surface area contributed by atoms with Gasteiger partial charge in [0.05, 0.1) is 11.0 Å². The maximum absolute atomic E-state index is 12.8. The van der Waals surface area contributed by atoms with Crippen LogP contribution in [0.2, 0.25) is 10.0 Å². The van der Waals surface area contributed by atoms with Crippen molar-refractivity contribution in [3.8, 4) is 6.07 Å². The van der Waals surface area contributed by atoms with E-state index >= 15 is 0 Å². The van der Waals surface area contributed by atoms with Crippen LogP contribution in [0.5, 0.6) is 0 Å². The fourth-order valence-electron chi connectivity index (χ4n) is 2.83. The van der Waals surface area contributed by atoms with Gasteiger partial charge in [-0.25, -0.2) is 8.42 Å². The second-order valence-electron chi connectivity index (χ2n) is 5.49. The Hall–Kier alpha value is -1.58. The van der Waals surface area contributed by atoms with E-state index in [1.807, 2.05) is 6.07 Å². The van der Waals surface area contributed by atoms with Gasteiger partial charge in [0, 0.05) is 16.0 Å². The largest absolute Gasteiger partial charge is 0.312 e. The molecule has 0 amide bonds. The van der Waals surface area contributed by atoms with Crippen molar-refractivity contribution in [1.29, 1.82) is 5.26 Å². The van der Waals surface area contributed by atoms with Crippen molar-refractivity contribution in [3.05, 3.63) is 64.1 Å². The monoisotopic (exact) mass is 366 g/mol. The van der Waals surface area contributed by atoms with Crippen molar-refractivity contribution in [2.75, 3.05) is 0 Å². The summed E-state index contributed by atoms with van der Waals surface area (Å²) in [5.74, 6) is -0.592. The van der Waals surface area contributed by atoms with Crippen LogP contribution >= 0.6 is 23.2 Å². The topological polar surface area (TPSA) is 83.9 Å². The zero-order chi connectivity index (χ0) is 16.8. The Morgan fingerprint density at radius 1 is 1.00 bits per heavy atom. The first-order chi connectivity index (χ1) is 10.8. The Balaban J connectivity index is 2.03. The van der Waals surface area contributed by atoms with Gasteiger partial charge in [-0.15, -0.1) is 0 Å². The molecule has 1 fully saturated rings. The van der Waals surface area contributed by atoms with Gasteiger partial charge in [0.2, 0.25) is 0 Å². The zero-order valence-corrected chi connectivity index (χ0v) is 14.1. The average Bonchev–Trinajstić information content (AvgIpc) is 3.16. The van der Waals surface area contributed by atoms with Gasteiger partial charge in [0.15, 0.2) is 9.84 Å². The summed E-state index contributed by atoms with van der Waals surface area (Å²) in [6.45, 7) is 0. The maximum Gasteiger partial charge on any atom is 0.184 e. The van der Waals surface area contributed by atoms with Gasteiger partial charge in [0.1, 0.15) is 10.8 Å². The third-order valence-electron chi connectivity index (χ3n) is 4.08. The van der Waals surface area contributed by atoms with E-state index in [0.29, 0.717) is 15.6 Å². The zero-order valence-electron chi connectivity index (χ0n) is 11.8. The first-order valence-corrected chi connectivity index (χ1v) is 9.06. The molecule has 0 heterocycles. The highest BCUT2D eigenvalue weighted by atomic mass is 35.5. The SMILES string of the molecule is N#C[C@@]1(N)[C@H](c2ccc(Cl)cc2)[C@@H]1S(=O)(=O)c1ccc(Cl)cc1. The molecule has 0 radical (unpaired) electrons. The molecule has 2 N–H and O–H groups in total. The molecule has 2 aromatic rings. The lowest BCUT2D eigenvalue weighted by Crippen LogP contribution is -2.29. The van der Waals surface area contributed by atoms with Crippen LogP contribution in [0.25, 0.3) is 0 Å². The van der Waals surface area contributed by atoms with E-state index < -0.39 is 26.5 Å². The summed E-state index contributed by atoms with van der Waals surface area (Å²) in [7, 11) is -3.75. The molecular weight excluding hydrogens is 355 g/mol. The summed E-state index contributed by atoms with van der Waals surface area (Å²) >= 11 is 11.6. The number of sulfone groups is 1. The van der Waals surface area contributed by atoms with Crippen molar-refractivity contribution in [2.45, 2.75) is 21.6 Å². The van der Waals surface area contributed by atoms with Crippen LogP contribution in [0.1, 0.15) is 11.5 Å². The molecule has 1 aliphatic carbocycles. The summed E-state index contributed by atoms with van der Waals surface area (Å²) in [5, 5.41) is 9.36. The summed E-state index contributed by atoms with van der Waals surface area (Å²) in [5.41, 5.74) is 5.29. The minimum atomic E-state index is -3.75. The Bertz CT molecular complexity index is 889. The van der Waals surface area contributed by atoms with Crippen molar-refractivity contribution in [3.63, 3.8) is 0 Å². The predicted octanol–water partition coefficient (Wildman–Crippen LogP) is 3.15. The van der Waals surface area contributed by atoms with E-state index in [4.69, 9.17) is 28.9 Å². The Labute approximate surface area is 144 Å². The lowest BCUT2D eigenvalue weighted by Gasteiger charge is -2.04. The summed E-state index contributed by atoms with van der Waals surface area (Å²) in [6, 6.07) is 14.5. The van der Waals surface area contributed by atoms with E-state index in [1.54, 1.807) is 24.3 Å². The fourth-order valence-corrected chi connectivity index (χ4v) is 5.27. The normalized spacial score (nSPS) is 26.5. The number of rotatable bonds is 3. The molecule has 23 heavy (non-hydrogen) atoms. The summed E-state index contributed by atoms with van der Waals surface area (Å²) < 4.78 is 25.7. The van der Waals surface area contributed by atoms with Gasteiger partial charge in [0.25, 0.3) is 0 Å². The first-order valence-electron chi connectivity index (χ1n) is 6.76. The van der Waals surface area contributed by atoms with Gasteiger partial charge >= 0.3 is 0 Å². The van der Waals surface area contributed by atoms with Crippen molar-refractivity contribution in [1.82, 2.24) is 0 Å². The molecule has 0 aliphatic heterocycles. The first kappa shape index (κ1) is 16.3. The third-order valence-corrected chi connectivity index (χ3v) is 6.84. The van der Waals surface area contributed by atoms with Gasteiger partial charge in [-0.2, -0.15) is 5.26 Å². The predicted molar refractivity (Wildman–Crippen MR) is 89.2 cm³/mol. The van der Waals surface area contributed by atoms with Gasteiger partial charge < -0.3 is 5.73 Å². The number of nitrogens with zero attached hydrogens (tertiary/aromatic N) is 1. The van der Waals surface area contributed by atoms with Crippen LogP contribution in [0, 0.1) is 11.3 Å². The van der Waals surface area contributed by atoms with E-state index in [9.17, 15) is 13.7 Å². The van der Waals surface area contributed by atoms with E-state index in [1.165, 1.54) is 24.3 Å². The summed E-state index contributed by atoms with van der Waals surface area (Å²) in [6.07, 6.45) is 0. The van der Waals surface area contributed by atoms with Gasteiger partial charge in [-0.1, -0.05) is 35.3 Å². The number of benzene rings is 2. The molecule has 0 bridgehead atoms. The van der Waals surface area contributed by atoms with Crippen molar-refractivity contribution in [2.24, 2.45) is 5.73 Å². The Morgan fingerprint density at radius 2 is 1.48 bits per heavy atom. The standard InChI is InChI=1S/C16H12Cl2N2O2S/c17-11-3-1-10(2-4-11)14-15(16(14,20)9-19)23(21,22)13-7-5-12(18)6-8-13/h1-8,14-15H,20H2/t14-,15+,16-/m1/s1. The second-order valence-corrected chi connectivity index (χ2v) is 8.44. The van der Waals surface area contributed by atoms with Gasteiger partial charge in [-0.05, 0) is 42.0 Å². The average molecular weight is 367 g/mol. The number of hydrogen-bond acceptors (Lipinski definition) is 4. The van der Waals surface area contributed by atoms with Crippen molar-refractivity contribution < 1.29 is 8.42 Å². The molecular formula is C16H12Cl2N2O2S. The molecule has 3 rings (SSSR count). The highest BCUT2D eigenvalue weighted by Gasteiger charge is 2.70. The lowest BCUT2D eigenvalue weighted by molar-refractivity contribution is 0.592. The van der Waals surface area contributed by atoms with Crippen molar-refractivity contribution >= 4 is 33.0 Å². The number of halogens is 2. The molecule has 1 saturated carbocycles. The van der Waals surface area contributed by atoms with Crippen LogP contribution in [-0.4, -0.2) is 19.2 Å². The molecule has 118 valence electrons. The van der Waals surface area contributed by atoms with E-state index in [2.05, 4.69) is 0 Å². The van der Waals surface area contributed by atoms with Crippen LogP contribution in [0.15, 0.2) is 53.4 Å². The smallest absolute Gasteiger partial charge is 0.184 e. The molecule has 3 atom stereocenters. The van der Waals surface area contributed by atoms with E-state index in [0.717, 1.165) is 0 Å². The molecule has 4 nitrogen and oxygen atoms in total. The Kier molecular flexibility index (Phi) is 3.89. The maximum atomic E-state index is 12.8. The minimum absolute atomic E-state index is 0.105. The molecule has 2 aromatic carbocycles. The molecule has 0 unspecified atom stereocenters. The fraction of sp³-hybridized carbons (Fsp3) is 0.188. The molecule has 7 heteroatoms. The lowest BCUT2D eigenvalue weighted by atomic mass is 10.1. The third kappa shape index (κ3) is 2.62. The van der Waals surface area contributed by atoms with E-state index in [-0.39, 0.29) is 4.90 Å². The minimum Gasteiger partial charge on any atom is -0.312 e. The molecule has 0 spiro atoms. The highest BCUT2D eigenvalue weighted by Crippen LogP contribution is 2.55. The van der Waals surface area contributed by atoms with Gasteiger partial charge in [-0.3, -0.25) is 0 Å². The van der Waals surface area contributed by atoms with Crippen LogP contribution in [0.3, 0.4) is 0 Å². The molecule has 1 aliphatic rings. The Morgan fingerprint density at radius 3 is 1.96 bits per heavy atom. The number of hydrogen-bond donors (Lipinski definition) is 1. The van der Waals surface area contributed by atoms with Crippen LogP contribution in [0.4, 0.5) is 0 Å². The molecule has 0 aromatic heterocycles. The molecule has 0 saturated heterocycles. The number of nitrogens with two attached hydrogens (primary N) is 1. The highest BCUT2D eigenvalue weighted by molar-refractivity contribution is 7.92. The van der Waals surface area contributed by atoms with Crippen LogP contribution < -0.4 is 5.73 Å². The number of nitriles is 1. The second kappa shape index (κ2) is 5.50. The summed E-state index contributed by atoms with van der Waals surface area (Å²) in [4.78, 5) is 0.105.